The summed E-state index contributed by atoms with van der Waals surface area (Å²) in [6.07, 6.45) is 15.1. The largest absolute Gasteiger partial charge is 0.348 e. The number of hydrogen-bond acceptors (Lipinski definition) is 4. The molecule has 0 atom stereocenters. The van der Waals surface area contributed by atoms with Crippen LogP contribution in [0.2, 0.25) is 0 Å². The number of carbonyl (C=O) groups is 4. The van der Waals surface area contributed by atoms with E-state index < -0.39 is 17.7 Å². The van der Waals surface area contributed by atoms with Crippen LogP contribution in [-0.4, -0.2) is 43.1 Å². The average molecular weight is 470 g/mol. The maximum Gasteiger partial charge on any atom is 0.244 e. The van der Waals surface area contributed by atoms with Gasteiger partial charge in [0.15, 0.2) is 0 Å². The summed E-state index contributed by atoms with van der Waals surface area (Å²) < 4.78 is 0. The molecule has 0 aromatic carbocycles. The van der Waals surface area contributed by atoms with Crippen molar-refractivity contribution in [2.45, 2.75) is 60.8 Å². The van der Waals surface area contributed by atoms with Crippen molar-refractivity contribution in [3.05, 3.63) is 58.7 Å². The lowest BCUT2D eigenvalue weighted by Crippen LogP contribution is -2.42. The van der Waals surface area contributed by atoms with Gasteiger partial charge in [0, 0.05) is 6.08 Å². The van der Waals surface area contributed by atoms with Gasteiger partial charge in [-0.2, -0.15) is 0 Å². The highest BCUT2D eigenvalue weighted by molar-refractivity contribution is 5.93. The van der Waals surface area contributed by atoms with Gasteiger partial charge in [-0.3, -0.25) is 19.2 Å². The van der Waals surface area contributed by atoms with Gasteiger partial charge in [-0.05, 0) is 63.5 Å². The molecule has 0 aromatic heterocycles. The van der Waals surface area contributed by atoms with E-state index in [4.69, 9.17) is 0 Å². The number of allylic oxidation sites excluding steroid dienone is 9. The molecule has 0 saturated heterocycles. The molecule has 0 spiro atoms. The molecule has 1 rings (SSSR count). The predicted molar refractivity (Wildman–Crippen MR) is 136 cm³/mol. The van der Waals surface area contributed by atoms with Crippen LogP contribution in [0.4, 0.5) is 0 Å². The van der Waals surface area contributed by atoms with E-state index in [0.717, 1.165) is 17.6 Å². The molecule has 3 amide bonds. The molecule has 1 aliphatic rings. The summed E-state index contributed by atoms with van der Waals surface area (Å²) in [6, 6.07) is 0. The number of carbonyl (C=O) groups excluding carboxylic acids is 4. The van der Waals surface area contributed by atoms with Crippen LogP contribution in [0.3, 0.4) is 0 Å². The Morgan fingerprint density at radius 1 is 0.882 bits per heavy atom. The third kappa shape index (κ3) is 11.6. The lowest BCUT2D eigenvalue weighted by Gasteiger charge is -2.32. The Hall–Kier alpha value is -3.22. The van der Waals surface area contributed by atoms with Crippen molar-refractivity contribution in [3.63, 3.8) is 0 Å². The van der Waals surface area contributed by atoms with Crippen LogP contribution < -0.4 is 16.0 Å². The van der Waals surface area contributed by atoms with Crippen molar-refractivity contribution < 1.29 is 19.2 Å². The second kappa shape index (κ2) is 14.1. The number of amides is 3. The number of Topliss-reactive ketones (excluding diaryl/α,β-unsaturated/α-hetero) is 1. The zero-order chi connectivity index (χ0) is 25.7. The maximum atomic E-state index is 12.0. The Morgan fingerprint density at radius 3 is 2.12 bits per heavy atom. The van der Waals surface area contributed by atoms with Gasteiger partial charge < -0.3 is 16.0 Å². The Kier molecular flexibility index (Phi) is 12.0. The fourth-order valence-electron chi connectivity index (χ4n) is 3.63. The highest BCUT2D eigenvalue weighted by Crippen LogP contribution is 2.40. The third-order valence-corrected chi connectivity index (χ3v) is 5.54. The van der Waals surface area contributed by atoms with E-state index in [9.17, 15) is 19.2 Å². The topological polar surface area (TPSA) is 104 Å². The van der Waals surface area contributed by atoms with Gasteiger partial charge in [0.1, 0.15) is 5.78 Å². The maximum absolute atomic E-state index is 12.0. The normalized spacial score (nSPS) is 16.6. The molecule has 0 aromatic rings. The van der Waals surface area contributed by atoms with E-state index in [0.29, 0.717) is 0 Å². The molecule has 7 nitrogen and oxygen atoms in total. The number of ketones is 1. The summed E-state index contributed by atoms with van der Waals surface area (Å²) in [5.41, 5.74) is 4.94. The van der Waals surface area contributed by atoms with E-state index in [1.54, 1.807) is 6.92 Å². The first-order chi connectivity index (χ1) is 15.9. The fraction of sp³-hybridized carbons (Fsp3) is 0.481. The Bertz CT molecular complexity index is 934. The quantitative estimate of drug-likeness (QED) is 0.318. The molecule has 0 heterocycles. The molecular formula is C27H39N3O4. The van der Waals surface area contributed by atoms with Crippen LogP contribution in [0.15, 0.2) is 58.7 Å². The first-order valence-electron chi connectivity index (χ1n) is 11.6. The number of nitrogens with one attached hydrogen (secondary N) is 3. The lowest BCUT2D eigenvalue weighted by molar-refractivity contribution is -0.127. The summed E-state index contributed by atoms with van der Waals surface area (Å²) in [6.45, 7) is 11.4. The van der Waals surface area contributed by atoms with Gasteiger partial charge in [-0.1, -0.05) is 55.4 Å². The Balaban J connectivity index is 2.48. The van der Waals surface area contributed by atoms with Crippen LogP contribution in [0, 0.1) is 5.41 Å². The molecule has 186 valence electrons. The van der Waals surface area contributed by atoms with E-state index in [1.165, 1.54) is 37.0 Å². The Labute approximate surface area is 203 Å². The fourth-order valence-corrected chi connectivity index (χ4v) is 3.63. The third-order valence-electron chi connectivity index (χ3n) is 5.54. The van der Waals surface area contributed by atoms with E-state index in [2.05, 4.69) is 48.9 Å². The number of rotatable bonds is 11. The van der Waals surface area contributed by atoms with Gasteiger partial charge in [-0.15, -0.1) is 0 Å². The van der Waals surface area contributed by atoms with E-state index in [-0.39, 0.29) is 30.8 Å². The second-order valence-corrected chi connectivity index (χ2v) is 9.40. The molecule has 0 aliphatic heterocycles. The monoisotopic (exact) mass is 469 g/mol. The zero-order valence-electron chi connectivity index (χ0n) is 21.3. The molecule has 7 heteroatoms. The van der Waals surface area contributed by atoms with E-state index in [1.807, 2.05) is 25.2 Å². The summed E-state index contributed by atoms with van der Waals surface area (Å²) in [5.74, 6) is -1.55. The molecule has 1 aliphatic carbocycles. The van der Waals surface area contributed by atoms with Gasteiger partial charge in [0.2, 0.25) is 17.7 Å². The molecule has 3 N–H and O–H groups in total. The zero-order valence-corrected chi connectivity index (χ0v) is 21.3. The van der Waals surface area contributed by atoms with Crippen LogP contribution in [0.1, 0.15) is 60.8 Å². The van der Waals surface area contributed by atoms with Crippen molar-refractivity contribution in [1.82, 2.24) is 16.0 Å². The summed E-state index contributed by atoms with van der Waals surface area (Å²) >= 11 is 0. The molecular weight excluding hydrogens is 430 g/mol. The van der Waals surface area contributed by atoms with Crippen molar-refractivity contribution in [3.8, 4) is 0 Å². The molecule has 0 saturated carbocycles. The highest BCUT2D eigenvalue weighted by atomic mass is 16.2. The molecule has 34 heavy (non-hydrogen) atoms. The van der Waals surface area contributed by atoms with Gasteiger partial charge >= 0.3 is 0 Å². The summed E-state index contributed by atoms with van der Waals surface area (Å²) in [4.78, 5) is 46.0. The van der Waals surface area contributed by atoms with Crippen molar-refractivity contribution in [1.29, 1.82) is 0 Å². The first kappa shape index (κ1) is 28.8. The van der Waals surface area contributed by atoms with Gasteiger partial charge in [0.25, 0.3) is 0 Å². The van der Waals surface area contributed by atoms with Crippen LogP contribution >= 0.6 is 0 Å². The van der Waals surface area contributed by atoms with Crippen LogP contribution in [0.5, 0.6) is 0 Å². The minimum atomic E-state index is -0.496. The smallest absolute Gasteiger partial charge is 0.244 e. The van der Waals surface area contributed by atoms with Crippen molar-refractivity contribution >= 4 is 23.5 Å². The molecule has 0 fully saturated rings. The molecule has 0 radical (unpaired) electrons. The average Bonchev–Trinajstić information content (AvgIpc) is 2.73. The number of hydrogen-bond donors (Lipinski definition) is 3. The minimum absolute atomic E-state index is 0.0794. The van der Waals surface area contributed by atoms with Crippen molar-refractivity contribution in [2.24, 2.45) is 5.41 Å². The SMILES string of the molecule is CC(=O)CNC(=O)CNC(=O)CNC(=O)/C=C(C)/C=C/C=C(C)/C=C/C1=C(C)CCCC1(C)C. The summed E-state index contributed by atoms with van der Waals surface area (Å²) in [7, 11) is 0. The minimum Gasteiger partial charge on any atom is -0.348 e. The van der Waals surface area contributed by atoms with E-state index >= 15 is 0 Å². The van der Waals surface area contributed by atoms with Gasteiger partial charge in [-0.25, -0.2) is 0 Å². The second-order valence-electron chi connectivity index (χ2n) is 9.40. The molecule has 0 bridgehead atoms. The highest BCUT2D eigenvalue weighted by Gasteiger charge is 2.26. The van der Waals surface area contributed by atoms with Crippen LogP contribution in [0.25, 0.3) is 0 Å². The first-order valence-corrected chi connectivity index (χ1v) is 11.6. The predicted octanol–water partition coefficient (Wildman–Crippen LogP) is 3.46. The van der Waals surface area contributed by atoms with Gasteiger partial charge in [0.05, 0.1) is 19.6 Å². The summed E-state index contributed by atoms with van der Waals surface area (Å²) in [5, 5.41) is 7.22. The standard InChI is InChI=1S/C27H39N3O4/c1-19(12-13-23-21(3)11-8-14-27(23,5)6)9-7-10-20(2)15-24(32)29-17-26(34)30-18-25(33)28-16-22(4)31/h7,9-10,12-13,15H,8,11,14,16-18H2,1-6H3,(H,28,33)(H,29,32)(H,30,34)/b10-7+,13-12+,19-9+,20-15+. The van der Waals surface area contributed by atoms with Crippen molar-refractivity contribution in [2.75, 3.05) is 19.6 Å². The Morgan fingerprint density at radius 2 is 1.50 bits per heavy atom. The molecule has 0 unspecified atom stereocenters. The van der Waals surface area contributed by atoms with Crippen LogP contribution in [-0.2, 0) is 19.2 Å². The lowest BCUT2D eigenvalue weighted by atomic mass is 9.72.